The van der Waals surface area contributed by atoms with Crippen LogP contribution in [0.5, 0.6) is 5.75 Å². The predicted octanol–water partition coefficient (Wildman–Crippen LogP) is 3.10. The van der Waals surface area contributed by atoms with E-state index in [2.05, 4.69) is 30.5 Å². The molecule has 9 heteroatoms. The number of nitrogens with zero attached hydrogens (tertiary/aromatic N) is 5. The van der Waals surface area contributed by atoms with Crippen LogP contribution in [0, 0.1) is 0 Å². The zero-order valence-electron chi connectivity index (χ0n) is 17.6. The highest BCUT2D eigenvalue weighted by molar-refractivity contribution is 5.92. The number of pyridine rings is 1. The Labute approximate surface area is 192 Å². The lowest BCUT2D eigenvalue weighted by Crippen LogP contribution is -2.38. The third-order valence-corrected chi connectivity index (χ3v) is 5.17. The molecule has 2 aromatic heterocycles. The summed E-state index contributed by atoms with van der Waals surface area (Å²) in [7, 11) is 0. The number of carbonyl (C=O) groups is 1. The standard InChI is InChI=1S/C18H20N4O2.C5H5NO.ClH/c23-16-3-1-14(2-4-16)15-11-17-18(19-12-15)20-13-22(17)6-5-21-7-9-24-10-8-21;7-5-3-1-2-4-6-5;/h1-4,11-13,23H,5-10H2;1-2,4H,3H2;1H. The Balaban J connectivity index is 0.000000311. The van der Waals surface area contributed by atoms with E-state index in [1.165, 1.54) is 6.21 Å². The number of rotatable bonds is 4. The number of phenolic OH excluding ortho intramolecular Hbond substituents is 1. The summed E-state index contributed by atoms with van der Waals surface area (Å²) in [6, 6.07) is 9.28. The first-order valence-electron chi connectivity index (χ1n) is 10.3. The summed E-state index contributed by atoms with van der Waals surface area (Å²) in [6.07, 6.45) is 9.21. The predicted molar refractivity (Wildman–Crippen MR) is 126 cm³/mol. The molecule has 32 heavy (non-hydrogen) atoms. The summed E-state index contributed by atoms with van der Waals surface area (Å²) >= 11 is 0. The molecular formula is C23H26ClN5O3. The second-order valence-electron chi connectivity index (χ2n) is 7.31. The van der Waals surface area contributed by atoms with Gasteiger partial charge >= 0.3 is 0 Å². The lowest BCUT2D eigenvalue weighted by molar-refractivity contribution is -0.117. The SMILES string of the molecule is Cl.O=C1CC=CC=N1.Oc1ccc(-c2cnc3ncn(CCN4CCOCC4)c3c2)cc1. The van der Waals surface area contributed by atoms with E-state index in [4.69, 9.17) is 4.74 Å². The Bertz CT molecular complexity index is 1090. The molecule has 1 saturated heterocycles. The van der Waals surface area contributed by atoms with Gasteiger partial charge in [-0.2, -0.15) is 0 Å². The van der Waals surface area contributed by atoms with Crippen LogP contribution >= 0.6 is 12.4 Å². The van der Waals surface area contributed by atoms with Gasteiger partial charge in [0.2, 0.25) is 5.91 Å². The number of ether oxygens (including phenoxy) is 1. The minimum atomic E-state index is -0.0532. The Morgan fingerprint density at radius 3 is 2.47 bits per heavy atom. The molecule has 8 nitrogen and oxygen atoms in total. The highest BCUT2D eigenvalue weighted by atomic mass is 35.5. The number of halogens is 1. The van der Waals surface area contributed by atoms with Crippen LogP contribution in [0.1, 0.15) is 6.42 Å². The maximum Gasteiger partial charge on any atom is 0.249 e. The smallest absolute Gasteiger partial charge is 0.249 e. The largest absolute Gasteiger partial charge is 0.508 e. The van der Waals surface area contributed by atoms with Gasteiger partial charge in [-0.1, -0.05) is 18.2 Å². The van der Waals surface area contributed by atoms with E-state index in [-0.39, 0.29) is 24.1 Å². The molecule has 2 aliphatic heterocycles. The molecule has 1 N–H and O–H groups in total. The monoisotopic (exact) mass is 455 g/mol. The molecule has 1 amide bonds. The lowest BCUT2D eigenvalue weighted by atomic mass is 10.1. The van der Waals surface area contributed by atoms with Gasteiger partial charge in [-0.3, -0.25) is 9.69 Å². The number of fused-ring (bicyclic) bond motifs is 1. The van der Waals surface area contributed by atoms with Crippen LogP contribution < -0.4 is 0 Å². The third-order valence-electron chi connectivity index (χ3n) is 5.17. The molecule has 0 bridgehead atoms. The minimum absolute atomic E-state index is 0. The highest BCUT2D eigenvalue weighted by Gasteiger charge is 2.12. The number of aliphatic imine (C=N–C) groups is 1. The topological polar surface area (TPSA) is 92.8 Å². The van der Waals surface area contributed by atoms with Crippen molar-refractivity contribution in [1.82, 2.24) is 19.4 Å². The number of hydrogen-bond donors (Lipinski definition) is 1. The maximum absolute atomic E-state index is 10.2. The van der Waals surface area contributed by atoms with Gasteiger partial charge in [-0.25, -0.2) is 15.0 Å². The fraction of sp³-hybridized carbons (Fsp3) is 0.304. The quantitative estimate of drug-likeness (QED) is 0.649. The van der Waals surface area contributed by atoms with Crippen molar-refractivity contribution in [2.24, 2.45) is 4.99 Å². The summed E-state index contributed by atoms with van der Waals surface area (Å²) in [5, 5.41) is 9.44. The Kier molecular flexibility index (Phi) is 8.49. The second-order valence-corrected chi connectivity index (χ2v) is 7.31. The number of phenols is 1. The molecule has 1 fully saturated rings. The van der Waals surface area contributed by atoms with E-state index < -0.39 is 0 Å². The van der Waals surface area contributed by atoms with Gasteiger partial charge in [0.25, 0.3) is 0 Å². The number of morpholine rings is 1. The zero-order valence-corrected chi connectivity index (χ0v) is 18.4. The number of dihydropyridines is 1. The summed E-state index contributed by atoms with van der Waals surface area (Å²) in [4.78, 5) is 25.0. The maximum atomic E-state index is 10.2. The van der Waals surface area contributed by atoms with Crippen LogP contribution in [0.4, 0.5) is 0 Å². The van der Waals surface area contributed by atoms with Crippen molar-refractivity contribution in [3.63, 3.8) is 0 Å². The summed E-state index contributed by atoms with van der Waals surface area (Å²) in [5.41, 5.74) is 3.85. The van der Waals surface area contributed by atoms with E-state index in [0.29, 0.717) is 6.42 Å². The average molecular weight is 456 g/mol. The first-order chi connectivity index (χ1) is 15.2. The number of aromatic hydroxyl groups is 1. The van der Waals surface area contributed by atoms with Crippen LogP contribution in [0.2, 0.25) is 0 Å². The Morgan fingerprint density at radius 1 is 1.03 bits per heavy atom. The van der Waals surface area contributed by atoms with Crippen LogP contribution in [0.25, 0.3) is 22.3 Å². The molecule has 0 spiro atoms. The first kappa shape index (κ1) is 23.6. The van der Waals surface area contributed by atoms with Crippen molar-refractivity contribution in [2.75, 3.05) is 32.8 Å². The lowest BCUT2D eigenvalue weighted by Gasteiger charge is -2.26. The third kappa shape index (κ3) is 6.23. The molecule has 2 aliphatic rings. The number of hydrogen-bond acceptors (Lipinski definition) is 6. The van der Waals surface area contributed by atoms with Crippen molar-refractivity contribution in [2.45, 2.75) is 13.0 Å². The van der Waals surface area contributed by atoms with Gasteiger partial charge < -0.3 is 14.4 Å². The second kappa shape index (κ2) is 11.5. The van der Waals surface area contributed by atoms with Gasteiger partial charge in [-0.05, 0) is 29.8 Å². The molecule has 0 atom stereocenters. The van der Waals surface area contributed by atoms with E-state index >= 15 is 0 Å². The number of allylic oxidation sites excluding steroid dienone is 1. The van der Waals surface area contributed by atoms with Crippen molar-refractivity contribution < 1.29 is 14.6 Å². The van der Waals surface area contributed by atoms with Crippen molar-refractivity contribution >= 4 is 35.7 Å². The van der Waals surface area contributed by atoms with Crippen LogP contribution in [-0.4, -0.2) is 69.5 Å². The van der Waals surface area contributed by atoms with Gasteiger partial charge in [0, 0.05) is 50.6 Å². The first-order valence-corrected chi connectivity index (χ1v) is 10.3. The number of imidazole rings is 1. The molecule has 5 rings (SSSR count). The summed E-state index contributed by atoms with van der Waals surface area (Å²) < 4.78 is 7.55. The summed E-state index contributed by atoms with van der Waals surface area (Å²) in [5.74, 6) is 0.214. The van der Waals surface area contributed by atoms with Crippen molar-refractivity contribution in [3.8, 4) is 16.9 Å². The summed E-state index contributed by atoms with van der Waals surface area (Å²) in [6.45, 7) is 5.48. The molecule has 0 aliphatic carbocycles. The number of carbonyl (C=O) groups excluding carboxylic acids is 1. The Hall–Kier alpha value is -3.07. The van der Waals surface area contributed by atoms with E-state index in [0.717, 1.165) is 61.7 Å². The fourth-order valence-electron chi connectivity index (χ4n) is 3.42. The molecule has 0 radical (unpaired) electrons. The molecular weight excluding hydrogens is 430 g/mol. The molecule has 0 saturated carbocycles. The van der Waals surface area contributed by atoms with Crippen molar-refractivity contribution in [3.05, 3.63) is 55.0 Å². The molecule has 3 aromatic rings. The average Bonchev–Trinajstić information content (AvgIpc) is 3.22. The molecule has 1 aromatic carbocycles. The van der Waals surface area contributed by atoms with Gasteiger partial charge in [0.05, 0.1) is 25.1 Å². The normalized spacial score (nSPS) is 15.8. The molecule has 4 heterocycles. The zero-order chi connectivity index (χ0) is 21.5. The molecule has 168 valence electrons. The van der Waals surface area contributed by atoms with Crippen LogP contribution in [0.15, 0.2) is 60.0 Å². The van der Waals surface area contributed by atoms with Crippen molar-refractivity contribution in [1.29, 1.82) is 0 Å². The number of benzene rings is 1. The minimum Gasteiger partial charge on any atom is -0.508 e. The van der Waals surface area contributed by atoms with E-state index in [9.17, 15) is 9.90 Å². The van der Waals surface area contributed by atoms with E-state index in [1.807, 2.05) is 24.7 Å². The number of amides is 1. The molecule has 0 unspecified atom stereocenters. The van der Waals surface area contributed by atoms with Gasteiger partial charge in [0.15, 0.2) is 5.65 Å². The fourth-order valence-corrected chi connectivity index (χ4v) is 3.42. The Morgan fingerprint density at radius 2 is 1.81 bits per heavy atom. The van der Waals surface area contributed by atoms with Gasteiger partial charge in [0.1, 0.15) is 5.75 Å². The number of aromatic nitrogens is 3. The highest BCUT2D eigenvalue weighted by Crippen LogP contribution is 2.24. The van der Waals surface area contributed by atoms with Crippen LogP contribution in [0.3, 0.4) is 0 Å². The van der Waals surface area contributed by atoms with E-state index in [1.54, 1.807) is 24.3 Å². The van der Waals surface area contributed by atoms with Gasteiger partial charge in [-0.15, -0.1) is 12.4 Å². The van der Waals surface area contributed by atoms with Crippen LogP contribution in [-0.2, 0) is 16.1 Å².